The van der Waals surface area contributed by atoms with Gasteiger partial charge in [0.1, 0.15) is 5.75 Å². The van der Waals surface area contributed by atoms with E-state index in [1.807, 2.05) is 12.1 Å². The first-order chi connectivity index (χ1) is 11.4. The van der Waals surface area contributed by atoms with Crippen molar-refractivity contribution in [3.05, 3.63) is 39.3 Å². The lowest BCUT2D eigenvalue weighted by Crippen LogP contribution is -2.24. The maximum atomic E-state index is 11.6. The summed E-state index contributed by atoms with van der Waals surface area (Å²) in [5.41, 5.74) is 1.06. The fourth-order valence-corrected chi connectivity index (χ4v) is 3.67. The van der Waals surface area contributed by atoms with E-state index in [2.05, 4.69) is 59.2 Å². The minimum absolute atomic E-state index is 0.282. The van der Waals surface area contributed by atoms with Gasteiger partial charge in [-0.15, -0.1) is 0 Å². The topological polar surface area (TPSA) is 35.5 Å². The van der Waals surface area contributed by atoms with E-state index in [1.54, 1.807) is 0 Å². The van der Waals surface area contributed by atoms with Crippen LogP contribution < -0.4 is 4.74 Å². The Morgan fingerprint density at radius 1 is 1.25 bits per heavy atom. The van der Waals surface area contributed by atoms with Gasteiger partial charge in [0.05, 0.1) is 4.47 Å². The van der Waals surface area contributed by atoms with Crippen LogP contribution in [0.2, 0.25) is 0 Å². The van der Waals surface area contributed by atoms with Crippen LogP contribution in [0.15, 0.2) is 33.7 Å². The first kappa shape index (κ1) is 21.2. The number of ether oxygens (including phenoxy) is 2. The molecule has 0 bridgehead atoms. The highest BCUT2D eigenvalue weighted by molar-refractivity contribution is 9.11. The number of hydrogen-bond donors (Lipinski definition) is 0. The third-order valence-corrected chi connectivity index (χ3v) is 4.66. The molecule has 0 saturated carbocycles. The highest BCUT2D eigenvalue weighted by Gasteiger charge is 2.20. The van der Waals surface area contributed by atoms with Crippen molar-refractivity contribution in [2.24, 2.45) is 0 Å². The van der Waals surface area contributed by atoms with Gasteiger partial charge in [-0.2, -0.15) is 0 Å². The molecule has 0 amide bonds. The van der Waals surface area contributed by atoms with E-state index in [9.17, 15) is 4.79 Å². The molecule has 0 spiro atoms. The SMILES string of the molecule is C=CC(=O)OC(CCCCCC)Oc1c(Br)cc(Br)cc1C(C)C. The second-order valence-corrected chi connectivity index (χ2v) is 7.77. The predicted molar refractivity (Wildman–Crippen MR) is 105 cm³/mol. The maximum absolute atomic E-state index is 11.6. The summed E-state index contributed by atoms with van der Waals surface area (Å²) in [5, 5.41) is 0. The van der Waals surface area contributed by atoms with E-state index in [-0.39, 0.29) is 5.92 Å². The van der Waals surface area contributed by atoms with Gasteiger partial charge in [0.25, 0.3) is 0 Å². The van der Waals surface area contributed by atoms with Gasteiger partial charge in [-0.25, -0.2) is 4.79 Å². The number of esters is 1. The Labute approximate surface area is 162 Å². The summed E-state index contributed by atoms with van der Waals surface area (Å²) >= 11 is 7.06. The van der Waals surface area contributed by atoms with Gasteiger partial charge in [0.15, 0.2) is 0 Å². The van der Waals surface area contributed by atoms with Gasteiger partial charge in [-0.05, 0) is 46.0 Å². The number of rotatable bonds is 10. The quantitative estimate of drug-likeness (QED) is 0.167. The van der Waals surface area contributed by atoms with E-state index >= 15 is 0 Å². The van der Waals surface area contributed by atoms with Crippen LogP contribution in [0.4, 0.5) is 0 Å². The molecule has 5 heteroatoms. The lowest BCUT2D eigenvalue weighted by molar-refractivity contribution is -0.158. The monoisotopic (exact) mass is 460 g/mol. The van der Waals surface area contributed by atoms with Crippen molar-refractivity contribution in [2.45, 2.75) is 65.1 Å². The van der Waals surface area contributed by atoms with Gasteiger partial charge >= 0.3 is 5.97 Å². The molecule has 0 N–H and O–H groups in total. The standard InChI is InChI=1S/C19H26Br2O3/c1-5-7-8-9-10-18(23-17(22)6-2)24-19-15(13(3)4)11-14(20)12-16(19)21/h6,11-13,18H,2,5,7-10H2,1,3-4H3. The molecule has 0 aliphatic heterocycles. The summed E-state index contributed by atoms with van der Waals surface area (Å²) < 4.78 is 13.3. The average molecular weight is 462 g/mol. The maximum Gasteiger partial charge on any atom is 0.333 e. The molecular weight excluding hydrogens is 436 g/mol. The van der Waals surface area contributed by atoms with Crippen LogP contribution in [-0.2, 0) is 9.53 Å². The highest BCUT2D eigenvalue weighted by Crippen LogP contribution is 2.38. The van der Waals surface area contributed by atoms with E-state index < -0.39 is 12.3 Å². The van der Waals surface area contributed by atoms with Crippen LogP contribution >= 0.6 is 31.9 Å². The van der Waals surface area contributed by atoms with Crippen molar-refractivity contribution in [3.8, 4) is 5.75 Å². The third-order valence-electron chi connectivity index (χ3n) is 3.62. The Balaban J connectivity index is 2.95. The lowest BCUT2D eigenvalue weighted by Gasteiger charge is -2.23. The summed E-state index contributed by atoms with van der Waals surface area (Å²) in [4.78, 5) is 11.6. The summed E-state index contributed by atoms with van der Waals surface area (Å²) in [6.07, 6.45) is 5.61. The van der Waals surface area contributed by atoms with Crippen molar-refractivity contribution in [3.63, 3.8) is 0 Å². The zero-order valence-corrected chi connectivity index (χ0v) is 17.8. The van der Waals surface area contributed by atoms with Gasteiger partial charge in [-0.3, -0.25) is 0 Å². The van der Waals surface area contributed by atoms with Crippen LogP contribution in [0.1, 0.15) is 64.4 Å². The largest absolute Gasteiger partial charge is 0.453 e. The summed E-state index contributed by atoms with van der Waals surface area (Å²) in [6, 6.07) is 3.97. The number of hydrogen-bond acceptors (Lipinski definition) is 3. The van der Waals surface area contributed by atoms with Crippen molar-refractivity contribution >= 4 is 37.8 Å². The molecule has 1 aromatic rings. The Bertz CT molecular complexity index is 556. The Morgan fingerprint density at radius 2 is 1.96 bits per heavy atom. The Kier molecular flexibility index (Phi) is 9.67. The molecule has 3 nitrogen and oxygen atoms in total. The van der Waals surface area contributed by atoms with Gasteiger partial charge in [0, 0.05) is 17.0 Å². The molecule has 1 atom stereocenters. The van der Waals surface area contributed by atoms with Gasteiger partial charge in [0.2, 0.25) is 6.29 Å². The first-order valence-corrected chi connectivity index (χ1v) is 9.96. The Morgan fingerprint density at radius 3 is 2.54 bits per heavy atom. The fourth-order valence-electron chi connectivity index (χ4n) is 2.32. The predicted octanol–water partition coefficient (Wildman–Crippen LogP) is 6.74. The van der Waals surface area contributed by atoms with Crippen LogP contribution in [0.5, 0.6) is 5.75 Å². The molecular formula is C19H26Br2O3. The van der Waals surface area contributed by atoms with Crippen LogP contribution in [0, 0.1) is 0 Å². The summed E-state index contributed by atoms with van der Waals surface area (Å²) in [5.74, 6) is 0.546. The highest BCUT2D eigenvalue weighted by atomic mass is 79.9. The molecule has 134 valence electrons. The number of carbonyl (C=O) groups is 1. The molecule has 0 saturated heterocycles. The fraction of sp³-hybridized carbons (Fsp3) is 0.526. The average Bonchev–Trinajstić information content (AvgIpc) is 2.53. The molecule has 1 unspecified atom stereocenters. The smallest absolute Gasteiger partial charge is 0.333 e. The normalized spacial score (nSPS) is 12.1. The van der Waals surface area contributed by atoms with Crippen molar-refractivity contribution in [1.82, 2.24) is 0 Å². The summed E-state index contributed by atoms with van der Waals surface area (Å²) in [6.45, 7) is 9.83. The molecule has 0 fully saturated rings. The van der Waals surface area contributed by atoms with E-state index in [0.29, 0.717) is 6.42 Å². The van der Waals surface area contributed by atoms with Gasteiger partial charge in [-0.1, -0.05) is 62.5 Å². The van der Waals surface area contributed by atoms with Crippen molar-refractivity contribution in [2.75, 3.05) is 0 Å². The number of unbranched alkanes of at least 4 members (excludes halogenated alkanes) is 3. The molecule has 0 radical (unpaired) electrons. The minimum Gasteiger partial charge on any atom is -0.453 e. The zero-order valence-electron chi connectivity index (χ0n) is 14.6. The number of halogens is 2. The minimum atomic E-state index is -0.609. The van der Waals surface area contributed by atoms with Crippen LogP contribution in [0.3, 0.4) is 0 Å². The van der Waals surface area contributed by atoms with Crippen molar-refractivity contribution in [1.29, 1.82) is 0 Å². The molecule has 1 rings (SSSR count). The second kappa shape index (κ2) is 10.9. The molecule has 0 aromatic heterocycles. The Hall–Kier alpha value is -0.810. The second-order valence-electron chi connectivity index (χ2n) is 6.00. The van der Waals surface area contributed by atoms with Gasteiger partial charge < -0.3 is 9.47 Å². The van der Waals surface area contributed by atoms with E-state index in [4.69, 9.17) is 9.47 Å². The molecule has 0 aliphatic rings. The van der Waals surface area contributed by atoms with E-state index in [1.165, 1.54) is 12.5 Å². The molecule has 24 heavy (non-hydrogen) atoms. The van der Waals surface area contributed by atoms with Crippen LogP contribution in [0.25, 0.3) is 0 Å². The van der Waals surface area contributed by atoms with Crippen molar-refractivity contribution < 1.29 is 14.3 Å². The lowest BCUT2D eigenvalue weighted by atomic mass is 10.0. The first-order valence-electron chi connectivity index (χ1n) is 8.37. The number of carbonyl (C=O) groups excluding carboxylic acids is 1. The third kappa shape index (κ3) is 6.98. The molecule has 0 aliphatic carbocycles. The molecule has 0 heterocycles. The number of benzene rings is 1. The molecule has 1 aromatic carbocycles. The van der Waals surface area contributed by atoms with Crippen LogP contribution in [-0.4, -0.2) is 12.3 Å². The van der Waals surface area contributed by atoms with E-state index in [0.717, 1.165) is 39.5 Å². The zero-order chi connectivity index (χ0) is 18.1. The summed E-state index contributed by atoms with van der Waals surface area (Å²) in [7, 11) is 0.